The van der Waals surface area contributed by atoms with Crippen LogP contribution < -0.4 is 0 Å². The minimum atomic E-state index is -2.79. The van der Waals surface area contributed by atoms with Crippen LogP contribution in [0.3, 0.4) is 0 Å². The second-order valence-electron chi connectivity index (χ2n) is 3.61. The molecular weight excluding hydrogens is 206 g/mol. The van der Waals surface area contributed by atoms with Crippen LogP contribution in [0, 0.1) is 0 Å². The van der Waals surface area contributed by atoms with E-state index in [0.717, 1.165) is 6.08 Å². The van der Waals surface area contributed by atoms with E-state index in [9.17, 15) is 13.6 Å². The number of allylic oxidation sites excluding steroid dienone is 2. The fraction of sp³-hybridized carbons (Fsp3) is 0.700. The van der Waals surface area contributed by atoms with Crippen LogP contribution in [0.4, 0.5) is 8.78 Å². The van der Waals surface area contributed by atoms with E-state index in [1.54, 1.807) is 0 Å². The normalized spacial score (nSPS) is 25.6. The van der Waals surface area contributed by atoms with Crippen LogP contribution in [-0.4, -0.2) is 29.7 Å². The quantitative estimate of drug-likeness (QED) is 0.742. The average Bonchev–Trinajstić information content (AvgIpc) is 2.12. The first-order chi connectivity index (χ1) is 6.99. The molecule has 5 heteroatoms. The van der Waals surface area contributed by atoms with Crippen molar-refractivity contribution in [1.82, 2.24) is 0 Å². The van der Waals surface area contributed by atoms with Crippen molar-refractivity contribution < 1.29 is 23.4 Å². The summed E-state index contributed by atoms with van der Waals surface area (Å²) in [6.45, 7) is -0.417. The van der Waals surface area contributed by atoms with Crippen molar-refractivity contribution in [3.8, 4) is 0 Å². The Balaban J connectivity index is 2.42. The summed E-state index contributed by atoms with van der Waals surface area (Å²) in [5, 5.41) is 8.39. The van der Waals surface area contributed by atoms with Gasteiger partial charge in [-0.25, -0.2) is 13.6 Å². The molecular formula is C10H14F2O3. The Bertz CT molecular complexity index is 251. The molecule has 0 saturated carbocycles. The number of ether oxygens (including phenoxy) is 1. The van der Waals surface area contributed by atoms with E-state index in [-0.39, 0.29) is 18.9 Å². The first kappa shape index (κ1) is 12.1. The van der Waals surface area contributed by atoms with Gasteiger partial charge >= 0.3 is 5.97 Å². The van der Waals surface area contributed by atoms with Crippen molar-refractivity contribution in [2.75, 3.05) is 6.61 Å². The van der Waals surface area contributed by atoms with Gasteiger partial charge in [0.2, 0.25) is 0 Å². The lowest BCUT2D eigenvalue weighted by Gasteiger charge is -2.21. The fourth-order valence-corrected chi connectivity index (χ4v) is 1.47. The molecule has 3 nitrogen and oxygen atoms in total. The highest BCUT2D eigenvalue weighted by Crippen LogP contribution is 2.27. The second kappa shape index (κ2) is 5.21. The topological polar surface area (TPSA) is 46.5 Å². The van der Waals surface area contributed by atoms with E-state index >= 15 is 0 Å². The lowest BCUT2D eigenvalue weighted by atomic mass is 10.0. The van der Waals surface area contributed by atoms with Gasteiger partial charge in [-0.15, -0.1) is 0 Å². The van der Waals surface area contributed by atoms with Gasteiger partial charge in [0.15, 0.2) is 0 Å². The van der Waals surface area contributed by atoms with Crippen LogP contribution in [-0.2, 0) is 9.53 Å². The molecule has 1 aliphatic carbocycles. The van der Waals surface area contributed by atoms with Crippen LogP contribution in [0.2, 0.25) is 0 Å². The van der Waals surface area contributed by atoms with Crippen molar-refractivity contribution in [3.05, 3.63) is 12.2 Å². The Morgan fingerprint density at radius 1 is 1.53 bits per heavy atom. The van der Waals surface area contributed by atoms with E-state index in [0.29, 0.717) is 12.8 Å². The number of aliphatic carboxylic acids is 1. The highest BCUT2D eigenvalue weighted by Gasteiger charge is 2.28. The molecule has 0 aromatic carbocycles. The maximum Gasteiger partial charge on any atom is 0.329 e. The van der Waals surface area contributed by atoms with E-state index in [2.05, 4.69) is 0 Å². The van der Waals surface area contributed by atoms with Crippen molar-refractivity contribution in [1.29, 1.82) is 0 Å². The number of rotatable bonds is 3. The molecule has 0 heterocycles. The molecule has 0 aliphatic heterocycles. The van der Waals surface area contributed by atoms with Crippen LogP contribution in [0.5, 0.6) is 0 Å². The molecule has 0 amide bonds. The van der Waals surface area contributed by atoms with Crippen LogP contribution >= 0.6 is 0 Å². The maximum absolute atomic E-state index is 13.0. The van der Waals surface area contributed by atoms with Gasteiger partial charge in [0.1, 0.15) is 6.61 Å². The largest absolute Gasteiger partial charge is 0.480 e. The monoisotopic (exact) mass is 220 g/mol. The first-order valence-corrected chi connectivity index (χ1v) is 4.88. The Labute approximate surface area is 86.7 Å². The molecule has 0 fully saturated rings. The number of halogens is 2. The number of carboxylic acids is 1. The fourth-order valence-electron chi connectivity index (χ4n) is 1.47. The van der Waals surface area contributed by atoms with E-state index in [4.69, 9.17) is 9.84 Å². The van der Waals surface area contributed by atoms with Crippen molar-refractivity contribution >= 4 is 5.97 Å². The molecule has 15 heavy (non-hydrogen) atoms. The number of alkyl halides is 2. The summed E-state index contributed by atoms with van der Waals surface area (Å²) in [6, 6.07) is 0. The molecule has 1 atom stereocenters. The van der Waals surface area contributed by atoms with Gasteiger partial charge in [0, 0.05) is 6.42 Å². The summed E-state index contributed by atoms with van der Waals surface area (Å²) in [4.78, 5) is 10.2. The SMILES string of the molecule is O=C(O)COC1CCC=CC(F)(F)CC1. The highest BCUT2D eigenvalue weighted by atomic mass is 19.3. The van der Waals surface area contributed by atoms with Crippen molar-refractivity contribution in [2.24, 2.45) is 0 Å². The predicted molar refractivity (Wildman–Crippen MR) is 49.9 cm³/mol. The summed E-state index contributed by atoms with van der Waals surface area (Å²) in [7, 11) is 0. The maximum atomic E-state index is 13.0. The third-order valence-corrected chi connectivity index (χ3v) is 2.26. The van der Waals surface area contributed by atoms with Crippen LogP contribution in [0.15, 0.2) is 12.2 Å². The molecule has 1 unspecified atom stereocenters. The van der Waals surface area contributed by atoms with E-state index in [1.807, 2.05) is 0 Å². The zero-order valence-corrected chi connectivity index (χ0v) is 8.29. The zero-order chi connectivity index (χ0) is 11.3. The highest BCUT2D eigenvalue weighted by molar-refractivity contribution is 5.68. The third kappa shape index (κ3) is 4.88. The lowest BCUT2D eigenvalue weighted by Crippen LogP contribution is -2.23. The Morgan fingerprint density at radius 2 is 2.27 bits per heavy atom. The molecule has 0 radical (unpaired) electrons. The smallest absolute Gasteiger partial charge is 0.329 e. The molecule has 0 bridgehead atoms. The predicted octanol–water partition coefficient (Wildman–Crippen LogP) is 2.22. The number of hydrogen-bond acceptors (Lipinski definition) is 2. The van der Waals surface area contributed by atoms with Crippen LogP contribution in [0.25, 0.3) is 0 Å². The molecule has 0 saturated heterocycles. The van der Waals surface area contributed by atoms with E-state index < -0.39 is 18.5 Å². The summed E-state index contributed by atoms with van der Waals surface area (Å²) < 4.78 is 30.9. The van der Waals surface area contributed by atoms with Gasteiger partial charge in [0.25, 0.3) is 5.92 Å². The van der Waals surface area contributed by atoms with Gasteiger partial charge in [-0.1, -0.05) is 6.08 Å². The minimum absolute atomic E-state index is 0.199. The summed E-state index contributed by atoms with van der Waals surface area (Å²) in [6.07, 6.45) is 2.98. The molecule has 0 aromatic heterocycles. The van der Waals surface area contributed by atoms with Crippen LogP contribution in [0.1, 0.15) is 25.7 Å². The van der Waals surface area contributed by atoms with Gasteiger partial charge < -0.3 is 9.84 Å². The lowest BCUT2D eigenvalue weighted by molar-refractivity contribution is -0.144. The molecule has 86 valence electrons. The Morgan fingerprint density at radius 3 is 2.93 bits per heavy atom. The number of hydrogen-bond donors (Lipinski definition) is 1. The average molecular weight is 220 g/mol. The third-order valence-electron chi connectivity index (χ3n) is 2.26. The first-order valence-electron chi connectivity index (χ1n) is 4.88. The van der Waals surface area contributed by atoms with Crippen molar-refractivity contribution in [2.45, 2.75) is 37.7 Å². The van der Waals surface area contributed by atoms with Gasteiger partial charge in [-0.3, -0.25) is 0 Å². The standard InChI is InChI=1S/C10H14F2O3/c11-10(12)5-2-1-3-8(4-6-10)15-7-9(13)14/h2,5,8H,1,3-4,6-7H2,(H,13,14). The molecule has 0 spiro atoms. The molecule has 1 aliphatic rings. The molecule has 1 rings (SSSR count). The number of carboxylic acid groups (broad SMARTS) is 1. The molecule has 1 N–H and O–H groups in total. The van der Waals surface area contributed by atoms with E-state index in [1.165, 1.54) is 6.08 Å². The van der Waals surface area contributed by atoms with Crippen molar-refractivity contribution in [3.63, 3.8) is 0 Å². The minimum Gasteiger partial charge on any atom is -0.480 e. The van der Waals surface area contributed by atoms with Gasteiger partial charge in [-0.05, 0) is 25.3 Å². The number of carbonyl (C=O) groups is 1. The molecule has 0 aromatic rings. The second-order valence-corrected chi connectivity index (χ2v) is 3.61. The Kier molecular flexibility index (Phi) is 4.20. The van der Waals surface area contributed by atoms with Gasteiger partial charge in [-0.2, -0.15) is 0 Å². The van der Waals surface area contributed by atoms with Gasteiger partial charge in [0.05, 0.1) is 6.10 Å². The zero-order valence-electron chi connectivity index (χ0n) is 8.29. The summed E-state index contributed by atoms with van der Waals surface area (Å²) in [5.41, 5.74) is 0. The summed E-state index contributed by atoms with van der Waals surface area (Å²) >= 11 is 0. The Hall–Kier alpha value is -0.970. The summed E-state index contributed by atoms with van der Waals surface area (Å²) in [5.74, 6) is -3.86.